The van der Waals surface area contributed by atoms with Crippen molar-refractivity contribution in [2.24, 2.45) is 0 Å². The maximum absolute atomic E-state index is 12.1. The van der Waals surface area contributed by atoms with Gasteiger partial charge in [-0.05, 0) is 41.5 Å². The van der Waals surface area contributed by atoms with Crippen LogP contribution in [0.4, 0.5) is 13.2 Å². The van der Waals surface area contributed by atoms with E-state index in [1.54, 1.807) is 12.1 Å². The number of pyridine rings is 1. The fourth-order valence-electron chi connectivity index (χ4n) is 1.64. The summed E-state index contributed by atoms with van der Waals surface area (Å²) in [4.78, 5) is 4.02. The Morgan fingerprint density at radius 1 is 1.10 bits per heavy atom. The van der Waals surface area contributed by atoms with Gasteiger partial charge in [-0.3, -0.25) is 0 Å². The Labute approximate surface area is 118 Å². The Morgan fingerprint density at radius 2 is 1.75 bits per heavy atom. The van der Waals surface area contributed by atoms with Crippen LogP contribution in [0.1, 0.15) is 5.69 Å². The van der Waals surface area contributed by atoms with Crippen molar-refractivity contribution in [2.45, 2.75) is 6.36 Å². The van der Waals surface area contributed by atoms with Crippen LogP contribution in [0.5, 0.6) is 5.75 Å². The smallest absolute Gasteiger partial charge is 0.406 e. The van der Waals surface area contributed by atoms with Crippen molar-refractivity contribution < 1.29 is 17.9 Å². The minimum Gasteiger partial charge on any atom is -0.406 e. The van der Waals surface area contributed by atoms with Gasteiger partial charge in [0.05, 0.1) is 5.69 Å². The second kappa shape index (κ2) is 5.54. The highest BCUT2D eigenvalue weighted by molar-refractivity contribution is 6.29. The first-order valence-electron chi connectivity index (χ1n) is 5.53. The molecule has 104 valence electrons. The van der Waals surface area contributed by atoms with Crippen LogP contribution >= 0.6 is 11.6 Å². The minimum absolute atomic E-state index is 0.273. The molecule has 1 aromatic carbocycles. The molecule has 1 heterocycles. The first-order valence-corrected chi connectivity index (χ1v) is 5.91. The lowest BCUT2D eigenvalue weighted by atomic mass is 10.1. The predicted octanol–water partition coefficient (Wildman–Crippen LogP) is 4.94. The molecule has 2 nitrogen and oxygen atoms in total. The highest BCUT2D eigenvalue weighted by Gasteiger charge is 2.30. The number of alkyl halides is 3. The Bertz CT molecular complexity index is 623. The number of hydrogen-bond acceptors (Lipinski definition) is 2. The van der Waals surface area contributed by atoms with Crippen LogP contribution in [0, 0.1) is 0 Å². The zero-order valence-electron chi connectivity index (χ0n) is 10.1. The van der Waals surface area contributed by atoms with E-state index in [2.05, 4.69) is 16.3 Å². The van der Waals surface area contributed by atoms with E-state index in [-0.39, 0.29) is 10.9 Å². The monoisotopic (exact) mass is 299 g/mol. The summed E-state index contributed by atoms with van der Waals surface area (Å²) in [7, 11) is 0. The van der Waals surface area contributed by atoms with E-state index in [4.69, 9.17) is 11.6 Å². The van der Waals surface area contributed by atoms with E-state index < -0.39 is 6.36 Å². The van der Waals surface area contributed by atoms with Gasteiger partial charge in [-0.25, -0.2) is 4.98 Å². The van der Waals surface area contributed by atoms with Crippen molar-refractivity contribution in [1.82, 2.24) is 4.98 Å². The lowest BCUT2D eigenvalue weighted by Gasteiger charge is -2.09. The molecule has 0 aliphatic rings. The van der Waals surface area contributed by atoms with Crippen molar-refractivity contribution in [3.8, 4) is 16.9 Å². The number of halogens is 4. The maximum Gasteiger partial charge on any atom is 0.573 e. The second-order valence-electron chi connectivity index (χ2n) is 3.88. The third kappa shape index (κ3) is 3.74. The average molecular weight is 300 g/mol. The van der Waals surface area contributed by atoms with Gasteiger partial charge in [-0.1, -0.05) is 30.3 Å². The molecule has 0 spiro atoms. The molecule has 0 N–H and O–H groups in total. The Kier molecular flexibility index (Phi) is 3.99. The molecule has 0 aliphatic heterocycles. The van der Waals surface area contributed by atoms with Crippen molar-refractivity contribution in [3.05, 3.63) is 53.8 Å². The number of benzene rings is 1. The normalized spacial score (nSPS) is 11.2. The van der Waals surface area contributed by atoms with Crippen LogP contribution in [0.25, 0.3) is 17.2 Å². The van der Waals surface area contributed by atoms with E-state index in [9.17, 15) is 13.2 Å². The first-order chi connectivity index (χ1) is 9.37. The third-order valence-electron chi connectivity index (χ3n) is 2.44. The van der Waals surface area contributed by atoms with Gasteiger partial charge in [0.2, 0.25) is 0 Å². The number of hydrogen-bond donors (Lipinski definition) is 0. The van der Waals surface area contributed by atoms with Crippen molar-refractivity contribution >= 4 is 17.7 Å². The molecular weight excluding hydrogens is 291 g/mol. The lowest BCUT2D eigenvalue weighted by molar-refractivity contribution is -0.274. The van der Waals surface area contributed by atoms with Gasteiger partial charge in [-0.15, -0.1) is 13.2 Å². The van der Waals surface area contributed by atoms with Crippen LogP contribution in [-0.2, 0) is 0 Å². The van der Waals surface area contributed by atoms with Crippen molar-refractivity contribution in [3.63, 3.8) is 0 Å². The van der Waals surface area contributed by atoms with Crippen LogP contribution < -0.4 is 4.74 Å². The zero-order chi connectivity index (χ0) is 14.8. The van der Waals surface area contributed by atoms with Crippen LogP contribution in [-0.4, -0.2) is 11.3 Å². The molecule has 6 heteroatoms. The number of rotatable bonds is 3. The van der Waals surface area contributed by atoms with Gasteiger partial charge in [0.1, 0.15) is 10.9 Å². The fourth-order valence-corrected chi connectivity index (χ4v) is 1.85. The van der Waals surface area contributed by atoms with E-state index in [0.717, 1.165) is 5.56 Å². The second-order valence-corrected chi connectivity index (χ2v) is 4.27. The van der Waals surface area contributed by atoms with Gasteiger partial charge in [0.25, 0.3) is 0 Å². The van der Waals surface area contributed by atoms with Crippen LogP contribution in [0.3, 0.4) is 0 Å². The summed E-state index contributed by atoms with van der Waals surface area (Å²) in [5.74, 6) is -0.273. The number of aromatic nitrogens is 1. The van der Waals surface area contributed by atoms with Gasteiger partial charge < -0.3 is 4.74 Å². The van der Waals surface area contributed by atoms with E-state index in [1.807, 2.05) is 0 Å². The molecule has 1 aromatic heterocycles. The number of ether oxygens (including phenoxy) is 1. The van der Waals surface area contributed by atoms with Crippen LogP contribution in [0.15, 0.2) is 43.0 Å². The molecule has 0 saturated carbocycles. The van der Waals surface area contributed by atoms with Crippen molar-refractivity contribution in [2.75, 3.05) is 0 Å². The SMILES string of the molecule is C=Cc1cc(-c2ccc(OC(F)(F)F)cc2)cc(Cl)n1. The molecule has 20 heavy (non-hydrogen) atoms. The molecule has 0 unspecified atom stereocenters. The molecule has 0 saturated heterocycles. The van der Waals surface area contributed by atoms with Gasteiger partial charge in [0.15, 0.2) is 0 Å². The van der Waals surface area contributed by atoms with Gasteiger partial charge >= 0.3 is 6.36 Å². The fraction of sp³-hybridized carbons (Fsp3) is 0.0714. The Balaban J connectivity index is 2.30. The minimum atomic E-state index is -4.70. The van der Waals surface area contributed by atoms with Gasteiger partial charge in [-0.2, -0.15) is 0 Å². The summed E-state index contributed by atoms with van der Waals surface area (Å²) in [5, 5.41) is 0.285. The first kappa shape index (κ1) is 14.4. The molecule has 0 radical (unpaired) electrons. The quantitative estimate of drug-likeness (QED) is 0.749. The Hall–Kier alpha value is -2.01. The standard InChI is InChI=1S/C14H9ClF3NO/c1-2-11-7-10(8-13(15)19-11)9-3-5-12(6-4-9)20-14(16,17)18/h2-8H,1H2. The van der Waals surface area contributed by atoms with Crippen LogP contribution in [0.2, 0.25) is 5.15 Å². The molecule has 2 aromatic rings. The highest BCUT2D eigenvalue weighted by Crippen LogP contribution is 2.28. The molecule has 0 aliphatic carbocycles. The molecule has 0 atom stereocenters. The topological polar surface area (TPSA) is 22.1 Å². The molecule has 0 amide bonds. The highest BCUT2D eigenvalue weighted by atomic mass is 35.5. The maximum atomic E-state index is 12.1. The van der Waals surface area contributed by atoms with E-state index >= 15 is 0 Å². The van der Waals surface area contributed by atoms with E-state index in [1.165, 1.54) is 30.3 Å². The summed E-state index contributed by atoms with van der Waals surface area (Å²) < 4.78 is 40.0. The van der Waals surface area contributed by atoms with Gasteiger partial charge in [0, 0.05) is 0 Å². The Morgan fingerprint density at radius 3 is 2.30 bits per heavy atom. The molecule has 2 rings (SSSR count). The predicted molar refractivity (Wildman–Crippen MR) is 71.5 cm³/mol. The summed E-state index contributed by atoms with van der Waals surface area (Å²) in [6.45, 7) is 3.60. The summed E-state index contributed by atoms with van der Waals surface area (Å²) in [6, 6.07) is 8.86. The molecule has 0 bridgehead atoms. The third-order valence-corrected chi connectivity index (χ3v) is 2.64. The van der Waals surface area contributed by atoms with Crippen molar-refractivity contribution in [1.29, 1.82) is 0 Å². The summed E-state index contributed by atoms with van der Waals surface area (Å²) in [5.41, 5.74) is 2.02. The summed E-state index contributed by atoms with van der Waals surface area (Å²) >= 11 is 5.86. The largest absolute Gasteiger partial charge is 0.573 e. The average Bonchev–Trinajstić information content (AvgIpc) is 2.37. The summed E-state index contributed by atoms with van der Waals surface area (Å²) in [6.07, 6.45) is -3.16. The number of nitrogens with zero attached hydrogens (tertiary/aromatic N) is 1. The molecule has 0 fully saturated rings. The lowest BCUT2D eigenvalue weighted by Crippen LogP contribution is -2.16. The zero-order valence-corrected chi connectivity index (χ0v) is 10.9. The van der Waals surface area contributed by atoms with E-state index in [0.29, 0.717) is 11.3 Å². The molecular formula is C14H9ClF3NO.